The van der Waals surface area contributed by atoms with Crippen LogP contribution in [-0.4, -0.2) is 28.8 Å². The highest BCUT2D eigenvalue weighted by Crippen LogP contribution is 2.39. The van der Waals surface area contributed by atoms with E-state index in [1.807, 2.05) is 18.7 Å². The molecule has 2 heterocycles. The van der Waals surface area contributed by atoms with Crippen molar-refractivity contribution in [1.82, 2.24) is 4.90 Å². The molecule has 1 aromatic rings. The highest BCUT2D eigenvalue weighted by Gasteiger charge is 2.41. The number of thiophene rings is 1. The molecule has 0 atom stereocenters. The van der Waals surface area contributed by atoms with Gasteiger partial charge in [-0.2, -0.15) is 0 Å². The number of likely N-dealkylation sites (tertiary alicyclic amines) is 1. The number of rotatable bonds is 3. The summed E-state index contributed by atoms with van der Waals surface area (Å²) in [6.45, 7) is 8.95. The SMILES string of the molecule is Cc1sc(NC(=O)C2CC2)c(C(=O)N2CCC2(C)C)c1C. The Morgan fingerprint density at radius 2 is 1.95 bits per heavy atom. The minimum atomic E-state index is -0.0723. The quantitative estimate of drug-likeness (QED) is 0.931. The van der Waals surface area contributed by atoms with Crippen LogP contribution in [0.15, 0.2) is 0 Å². The Morgan fingerprint density at radius 3 is 2.43 bits per heavy atom. The Labute approximate surface area is 129 Å². The van der Waals surface area contributed by atoms with Crippen molar-refractivity contribution in [1.29, 1.82) is 0 Å². The van der Waals surface area contributed by atoms with Gasteiger partial charge in [-0.05, 0) is 52.5 Å². The average Bonchev–Trinajstić information content (AvgIpc) is 3.17. The van der Waals surface area contributed by atoms with Crippen molar-refractivity contribution in [3.05, 3.63) is 16.0 Å². The molecule has 21 heavy (non-hydrogen) atoms. The number of hydrogen-bond acceptors (Lipinski definition) is 3. The van der Waals surface area contributed by atoms with Gasteiger partial charge in [-0.15, -0.1) is 11.3 Å². The van der Waals surface area contributed by atoms with E-state index in [0.717, 1.165) is 41.2 Å². The summed E-state index contributed by atoms with van der Waals surface area (Å²) in [5.41, 5.74) is 1.62. The average molecular weight is 306 g/mol. The summed E-state index contributed by atoms with van der Waals surface area (Å²) in [7, 11) is 0. The first-order valence-corrected chi connectivity index (χ1v) is 8.36. The number of carbonyl (C=O) groups excluding carboxylic acids is 2. The molecule has 1 aromatic heterocycles. The van der Waals surface area contributed by atoms with Crippen molar-refractivity contribution >= 4 is 28.2 Å². The number of nitrogens with zero attached hydrogens (tertiary/aromatic N) is 1. The van der Waals surface area contributed by atoms with Gasteiger partial charge in [0.05, 0.1) is 5.56 Å². The summed E-state index contributed by atoms with van der Waals surface area (Å²) in [5, 5.41) is 3.71. The molecule has 2 amide bonds. The maximum atomic E-state index is 12.8. The molecule has 5 heteroatoms. The molecule has 2 fully saturated rings. The molecular weight excluding hydrogens is 284 g/mol. The standard InChI is InChI=1S/C16H22N2O2S/c1-9-10(2)21-14(17-13(19)11-5-6-11)12(9)15(20)18-8-7-16(18,3)4/h11H,5-8H2,1-4H3,(H,17,19). The molecule has 1 saturated heterocycles. The first-order chi connectivity index (χ1) is 9.81. The zero-order valence-corrected chi connectivity index (χ0v) is 13.9. The summed E-state index contributed by atoms with van der Waals surface area (Å²) in [6, 6.07) is 0. The van der Waals surface area contributed by atoms with Crippen molar-refractivity contribution in [3.63, 3.8) is 0 Å². The van der Waals surface area contributed by atoms with E-state index in [0.29, 0.717) is 5.56 Å². The maximum Gasteiger partial charge on any atom is 0.257 e. The summed E-state index contributed by atoms with van der Waals surface area (Å²) in [5.74, 6) is 0.267. The monoisotopic (exact) mass is 306 g/mol. The largest absolute Gasteiger partial charge is 0.333 e. The smallest absolute Gasteiger partial charge is 0.257 e. The lowest BCUT2D eigenvalue weighted by Gasteiger charge is -2.48. The van der Waals surface area contributed by atoms with Crippen molar-refractivity contribution in [2.45, 2.75) is 52.5 Å². The highest BCUT2D eigenvalue weighted by atomic mass is 32.1. The van der Waals surface area contributed by atoms with Crippen LogP contribution in [0.25, 0.3) is 0 Å². The molecule has 0 radical (unpaired) electrons. The van der Waals surface area contributed by atoms with E-state index in [4.69, 9.17) is 0 Å². The van der Waals surface area contributed by atoms with Gasteiger partial charge in [0.2, 0.25) is 5.91 Å². The van der Waals surface area contributed by atoms with Crippen LogP contribution < -0.4 is 5.32 Å². The number of carbonyl (C=O) groups is 2. The molecule has 4 nitrogen and oxygen atoms in total. The van der Waals surface area contributed by atoms with Gasteiger partial charge in [0.15, 0.2) is 0 Å². The van der Waals surface area contributed by atoms with Crippen molar-refractivity contribution in [3.8, 4) is 0 Å². The Hall–Kier alpha value is -1.36. The lowest BCUT2D eigenvalue weighted by molar-refractivity contribution is -0.117. The lowest BCUT2D eigenvalue weighted by Crippen LogP contribution is -2.58. The molecule has 1 aliphatic carbocycles. The first-order valence-electron chi connectivity index (χ1n) is 7.54. The third-order valence-corrected chi connectivity index (χ3v) is 5.83. The Morgan fingerprint density at radius 1 is 1.29 bits per heavy atom. The Bertz CT molecular complexity index is 614. The van der Waals surface area contributed by atoms with E-state index in [-0.39, 0.29) is 23.3 Å². The molecule has 0 unspecified atom stereocenters. The van der Waals surface area contributed by atoms with Crippen LogP contribution in [0.4, 0.5) is 5.00 Å². The fourth-order valence-corrected chi connectivity index (χ4v) is 3.77. The number of nitrogens with one attached hydrogen (secondary N) is 1. The molecule has 1 saturated carbocycles. The van der Waals surface area contributed by atoms with Gasteiger partial charge >= 0.3 is 0 Å². The summed E-state index contributed by atoms with van der Waals surface area (Å²) in [4.78, 5) is 27.9. The molecule has 0 bridgehead atoms. The van der Waals surface area contributed by atoms with Gasteiger partial charge in [0.25, 0.3) is 5.91 Å². The van der Waals surface area contributed by atoms with E-state index in [1.54, 1.807) is 0 Å². The van der Waals surface area contributed by atoms with Gasteiger partial charge in [0.1, 0.15) is 5.00 Å². The summed E-state index contributed by atoms with van der Waals surface area (Å²) >= 11 is 1.52. The predicted molar refractivity (Wildman–Crippen MR) is 84.9 cm³/mol. The molecule has 2 aliphatic rings. The summed E-state index contributed by atoms with van der Waals surface area (Å²) < 4.78 is 0. The lowest BCUT2D eigenvalue weighted by atomic mass is 9.88. The van der Waals surface area contributed by atoms with E-state index in [2.05, 4.69) is 19.2 Å². The topological polar surface area (TPSA) is 49.4 Å². The number of aryl methyl sites for hydroxylation is 1. The van der Waals surface area contributed by atoms with E-state index in [9.17, 15) is 9.59 Å². The zero-order valence-electron chi connectivity index (χ0n) is 13.1. The van der Waals surface area contributed by atoms with Crippen molar-refractivity contribution in [2.24, 2.45) is 5.92 Å². The van der Waals surface area contributed by atoms with E-state index < -0.39 is 0 Å². The fraction of sp³-hybridized carbons (Fsp3) is 0.625. The Kier molecular flexibility index (Phi) is 3.35. The molecule has 1 aliphatic heterocycles. The second kappa shape index (κ2) is 4.83. The molecular formula is C16H22N2O2S. The fourth-order valence-electron chi connectivity index (χ4n) is 2.71. The second-order valence-corrected chi connectivity index (χ2v) is 7.99. The summed E-state index contributed by atoms with van der Waals surface area (Å²) in [6.07, 6.45) is 2.97. The maximum absolute atomic E-state index is 12.8. The normalized spacial score (nSPS) is 20.1. The van der Waals surface area contributed by atoms with Gasteiger partial charge in [0, 0.05) is 22.9 Å². The minimum Gasteiger partial charge on any atom is -0.333 e. The van der Waals surface area contributed by atoms with Crippen LogP contribution in [0.5, 0.6) is 0 Å². The van der Waals surface area contributed by atoms with Crippen molar-refractivity contribution in [2.75, 3.05) is 11.9 Å². The predicted octanol–water partition coefficient (Wildman–Crippen LogP) is 3.34. The molecule has 1 N–H and O–H groups in total. The van der Waals surface area contributed by atoms with Gasteiger partial charge < -0.3 is 10.2 Å². The third-order valence-electron chi connectivity index (χ3n) is 4.71. The Balaban J connectivity index is 1.89. The third kappa shape index (κ3) is 2.48. The van der Waals surface area contributed by atoms with Crippen LogP contribution in [0.2, 0.25) is 0 Å². The van der Waals surface area contributed by atoms with Crippen LogP contribution in [0.1, 0.15) is 53.9 Å². The van der Waals surface area contributed by atoms with Crippen LogP contribution >= 0.6 is 11.3 Å². The molecule has 3 rings (SSSR count). The van der Waals surface area contributed by atoms with Gasteiger partial charge in [-0.25, -0.2) is 0 Å². The highest BCUT2D eigenvalue weighted by molar-refractivity contribution is 7.16. The number of hydrogen-bond donors (Lipinski definition) is 1. The number of amides is 2. The molecule has 114 valence electrons. The first kappa shape index (κ1) is 14.6. The molecule has 0 spiro atoms. The van der Waals surface area contributed by atoms with Gasteiger partial charge in [-0.3, -0.25) is 9.59 Å². The van der Waals surface area contributed by atoms with Crippen LogP contribution in [0.3, 0.4) is 0 Å². The van der Waals surface area contributed by atoms with Crippen LogP contribution in [-0.2, 0) is 4.79 Å². The number of anilines is 1. The van der Waals surface area contributed by atoms with E-state index in [1.165, 1.54) is 11.3 Å². The van der Waals surface area contributed by atoms with E-state index >= 15 is 0 Å². The minimum absolute atomic E-state index is 0.0548. The van der Waals surface area contributed by atoms with Crippen LogP contribution in [0, 0.1) is 19.8 Å². The molecule has 0 aromatic carbocycles. The van der Waals surface area contributed by atoms with Gasteiger partial charge in [-0.1, -0.05) is 0 Å². The van der Waals surface area contributed by atoms with Crippen molar-refractivity contribution < 1.29 is 9.59 Å². The zero-order chi connectivity index (χ0) is 15.4. The second-order valence-electron chi connectivity index (χ2n) is 6.77.